The molecule has 2 rings (SSSR count). The van der Waals surface area contributed by atoms with Gasteiger partial charge in [-0.1, -0.05) is 49.0 Å². The first kappa shape index (κ1) is 14.2. The Balaban J connectivity index is 2.26. The molecule has 0 radical (unpaired) electrons. The molecule has 0 aliphatic heterocycles. The highest BCUT2D eigenvalue weighted by molar-refractivity contribution is 7.05. The van der Waals surface area contributed by atoms with E-state index in [0.717, 1.165) is 18.5 Å². The van der Waals surface area contributed by atoms with Crippen LogP contribution in [0.3, 0.4) is 0 Å². The molecule has 0 bridgehead atoms. The molecular formula is C15H21N3S. The Hall–Kier alpha value is -1.26. The second kappa shape index (κ2) is 6.78. The van der Waals surface area contributed by atoms with Crippen LogP contribution < -0.4 is 5.32 Å². The Bertz CT molecular complexity index is 504. The molecule has 0 amide bonds. The van der Waals surface area contributed by atoms with Crippen molar-refractivity contribution < 1.29 is 0 Å². The molecular weight excluding hydrogens is 254 g/mol. The van der Waals surface area contributed by atoms with Crippen molar-refractivity contribution in [2.45, 2.75) is 39.2 Å². The third-order valence-corrected chi connectivity index (χ3v) is 4.15. The number of rotatable bonds is 6. The number of aryl methyl sites for hydroxylation is 2. The molecule has 1 aromatic heterocycles. The van der Waals surface area contributed by atoms with Crippen LogP contribution in [0.5, 0.6) is 0 Å². The Morgan fingerprint density at radius 1 is 1.21 bits per heavy atom. The molecule has 4 heteroatoms. The van der Waals surface area contributed by atoms with Crippen LogP contribution in [0.1, 0.15) is 48.0 Å². The summed E-state index contributed by atoms with van der Waals surface area (Å²) in [6, 6.07) is 9.08. The Labute approximate surface area is 119 Å². The topological polar surface area (TPSA) is 37.8 Å². The van der Waals surface area contributed by atoms with Crippen molar-refractivity contribution in [2.75, 3.05) is 7.05 Å². The van der Waals surface area contributed by atoms with Gasteiger partial charge in [-0.15, -0.1) is 5.10 Å². The van der Waals surface area contributed by atoms with Gasteiger partial charge in [0.15, 0.2) is 0 Å². The zero-order valence-corrected chi connectivity index (χ0v) is 12.6. The Morgan fingerprint density at radius 2 is 1.95 bits per heavy atom. The summed E-state index contributed by atoms with van der Waals surface area (Å²) in [5.41, 5.74) is 3.78. The molecule has 1 atom stereocenters. The van der Waals surface area contributed by atoms with Gasteiger partial charge in [0.1, 0.15) is 0 Å². The van der Waals surface area contributed by atoms with Gasteiger partial charge < -0.3 is 5.32 Å². The van der Waals surface area contributed by atoms with Crippen molar-refractivity contribution in [3.8, 4) is 0 Å². The van der Waals surface area contributed by atoms with E-state index in [-0.39, 0.29) is 6.04 Å². The van der Waals surface area contributed by atoms with E-state index >= 15 is 0 Å². The monoisotopic (exact) mass is 275 g/mol. The van der Waals surface area contributed by atoms with Crippen molar-refractivity contribution >= 4 is 11.5 Å². The summed E-state index contributed by atoms with van der Waals surface area (Å²) in [6.45, 7) is 4.33. The molecule has 1 N–H and O–H groups in total. The van der Waals surface area contributed by atoms with Crippen LogP contribution in [0.4, 0.5) is 0 Å². The molecule has 19 heavy (non-hydrogen) atoms. The summed E-state index contributed by atoms with van der Waals surface area (Å²) >= 11 is 1.49. The van der Waals surface area contributed by atoms with Crippen molar-refractivity contribution in [2.24, 2.45) is 0 Å². The molecule has 0 fully saturated rings. The first-order valence-electron chi connectivity index (χ1n) is 6.87. The molecule has 0 aliphatic carbocycles. The van der Waals surface area contributed by atoms with Crippen LogP contribution in [0, 0.1) is 0 Å². The lowest BCUT2D eigenvalue weighted by Crippen LogP contribution is -2.17. The summed E-state index contributed by atoms with van der Waals surface area (Å²) in [7, 11) is 1.99. The second-order valence-corrected chi connectivity index (χ2v) is 5.44. The van der Waals surface area contributed by atoms with Crippen LogP contribution >= 0.6 is 11.5 Å². The highest BCUT2D eigenvalue weighted by Gasteiger charge is 2.18. The van der Waals surface area contributed by atoms with Crippen LogP contribution in [-0.4, -0.2) is 16.6 Å². The first-order chi connectivity index (χ1) is 9.30. The summed E-state index contributed by atoms with van der Waals surface area (Å²) in [5.74, 6) is 0. The summed E-state index contributed by atoms with van der Waals surface area (Å²) in [5, 5.41) is 7.58. The number of hydrogen-bond donors (Lipinski definition) is 1. The van der Waals surface area contributed by atoms with Crippen LogP contribution in [0.2, 0.25) is 0 Å². The lowest BCUT2D eigenvalue weighted by atomic mass is 10.0. The molecule has 2 aromatic rings. The maximum absolute atomic E-state index is 4.20. The van der Waals surface area contributed by atoms with Gasteiger partial charge in [-0.25, -0.2) is 0 Å². The van der Waals surface area contributed by atoms with E-state index < -0.39 is 0 Å². The van der Waals surface area contributed by atoms with Gasteiger partial charge in [-0.3, -0.25) is 0 Å². The second-order valence-electron chi connectivity index (χ2n) is 4.65. The average molecular weight is 275 g/mol. The zero-order chi connectivity index (χ0) is 13.7. The minimum Gasteiger partial charge on any atom is -0.309 e. The third kappa shape index (κ3) is 3.19. The molecule has 1 aromatic carbocycles. The van der Waals surface area contributed by atoms with Crippen LogP contribution in [0.25, 0.3) is 0 Å². The van der Waals surface area contributed by atoms with Gasteiger partial charge in [0.05, 0.1) is 16.6 Å². The van der Waals surface area contributed by atoms with Crippen LogP contribution in [-0.2, 0) is 12.8 Å². The fourth-order valence-electron chi connectivity index (χ4n) is 2.29. The fraction of sp³-hybridized carbons (Fsp3) is 0.467. The minimum absolute atomic E-state index is 0.200. The quantitative estimate of drug-likeness (QED) is 0.878. The predicted molar refractivity (Wildman–Crippen MR) is 80.6 cm³/mol. The lowest BCUT2D eigenvalue weighted by Gasteiger charge is -2.16. The maximum Gasteiger partial charge on any atom is 0.0804 e. The highest BCUT2D eigenvalue weighted by atomic mass is 32.1. The number of benzene rings is 1. The standard InChI is InChI=1S/C15H21N3S/c1-4-6-11-7-9-12(10-8-11)14(16-3)15-13(5-2)17-18-19-15/h7-10,14,16H,4-6H2,1-3H3. The van der Waals surface area contributed by atoms with Gasteiger partial charge in [0, 0.05) is 0 Å². The van der Waals surface area contributed by atoms with E-state index in [1.54, 1.807) is 0 Å². The van der Waals surface area contributed by atoms with Gasteiger partial charge in [-0.2, -0.15) is 0 Å². The fourth-order valence-corrected chi connectivity index (χ4v) is 3.17. The minimum atomic E-state index is 0.200. The predicted octanol–water partition coefficient (Wildman–Crippen LogP) is 3.36. The summed E-state index contributed by atoms with van der Waals surface area (Å²) in [4.78, 5) is 1.23. The van der Waals surface area contributed by atoms with E-state index in [4.69, 9.17) is 0 Å². The van der Waals surface area contributed by atoms with Crippen molar-refractivity contribution in [3.63, 3.8) is 0 Å². The third-order valence-electron chi connectivity index (χ3n) is 3.32. The molecule has 0 saturated carbocycles. The van der Waals surface area contributed by atoms with E-state index in [0.29, 0.717) is 0 Å². The van der Waals surface area contributed by atoms with Gasteiger partial charge in [-0.05, 0) is 42.5 Å². The molecule has 102 valence electrons. The summed E-state index contributed by atoms with van der Waals surface area (Å²) in [6.07, 6.45) is 3.26. The van der Waals surface area contributed by atoms with E-state index in [1.165, 1.54) is 34.0 Å². The van der Waals surface area contributed by atoms with Crippen molar-refractivity contribution in [3.05, 3.63) is 46.0 Å². The van der Waals surface area contributed by atoms with Crippen molar-refractivity contribution in [1.82, 2.24) is 14.9 Å². The number of nitrogens with one attached hydrogen (secondary N) is 1. The maximum atomic E-state index is 4.20. The average Bonchev–Trinajstić information content (AvgIpc) is 2.90. The molecule has 1 heterocycles. The smallest absolute Gasteiger partial charge is 0.0804 e. The molecule has 3 nitrogen and oxygen atoms in total. The number of aromatic nitrogens is 2. The SMILES string of the molecule is CCCc1ccc(C(NC)c2snnc2CC)cc1. The van der Waals surface area contributed by atoms with Gasteiger partial charge in [0.2, 0.25) is 0 Å². The van der Waals surface area contributed by atoms with Crippen LogP contribution in [0.15, 0.2) is 24.3 Å². The van der Waals surface area contributed by atoms with Gasteiger partial charge in [0.25, 0.3) is 0 Å². The highest BCUT2D eigenvalue weighted by Crippen LogP contribution is 2.27. The normalized spacial score (nSPS) is 12.6. The lowest BCUT2D eigenvalue weighted by molar-refractivity contribution is 0.692. The van der Waals surface area contributed by atoms with E-state index in [9.17, 15) is 0 Å². The summed E-state index contributed by atoms with van der Waals surface area (Å²) < 4.78 is 4.09. The van der Waals surface area contributed by atoms with Crippen molar-refractivity contribution in [1.29, 1.82) is 0 Å². The number of hydrogen-bond acceptors (Lipinski definition) is 4. The van der Waals surface area contributed by atoms with E-state index in [2.05, 4.69) is 53.0 Å². The van der Waals surface area contributed by atoms with Gasteiger partial charge >= 0.3 is 0 Å². The Morgan fingerprint density at radius 3 is 2.53 bits per heavy atom. The molecule has 0 spiro atoms. The molecule has 1 unspecified atom stereocenters. The molecule has 0 aliphatic rings. The van der Waals surface area contributed by atoms with E-state index in [1.807, 2.05) is 7.05 Å². The zero-order valence-electron chi connectivity index (χ0n) is 11.8. The first-order valence-corrected chi connectivity index (χ1v) is 7.64. The largest absolute Gasteiger partial charge is 0.309 e. The molecule has 0 saturated heterocycles. The number of nitrogens with zero attached hydrogens (tertiary/aromatic N) is 2. The Kier molecular flexibility index (Phi) is 5.05.